The number of benzene rings is 2. The van der Waals surface area contributed by atoms with Crippen LogP contribution < -0.4 is 20.4 Å². The molecule has 2 amide bonds. The van der Waals surface area contributed by atoms with Crippen LogP contribution in [0, 0.1) is 17.7 Å². The summed E-state index contributed by atoms with van der Waals surface area (Å²) in [4.78, 5) is 27.2. The standard InChI is InChI=1S/C17H19ClN4O.C17H19FN4O.C2H6/c2*1-2-16(23)19-9-14-11-21(17-7-8-20-22(17)12-14)10-13-3-5-15(18)6-4-13;1-2/h2*2-8,14H,1,9-12H2,(H,19,23);1-2H3. The summed E-state index contributed by atoms with van der Waals surface area (Å²) < 4.78 is 17.0. The Labute approximate surface area is 286 Å². The lowest BCUT2D eigenvalue weighted by atomic mass is 10.1. The van der Waals surface area contributed by atoms with Gasteiger partial charge in [0.2, 0.25) is 11.8 Å². The number of halogens is 2. The molecule has 4 heterocycles. The summed E-state index contributed by atoms with van der Waals surface area (Å²) in [6.45, 7) is 16.8. The van der Waals surface area contributed by atoms with Gasteiger partial charge in [0, 0.05) is 81.3 Å². The minimum Gasteiger partial charge on any atom is -0.352 e. The number of amides is 2. The van der Waals surface area contributed by atoms with Gasteiger partial charge in [0.15, 0.2) is 0 Å². The average molecular weight is 675 g/mol. The van der Waals surface area contributed by atoms with Crippen LogP contribution in [-0.2, 0) is 35.8 Å². The zero-order valence-electron chi connectivity index (χ0n) is 27.6. The zero-order valence-corrected chi connectivity index (χ0v) is 28.3. The fraction of sp³-hybridized carbons (Fsp3) is 0.333. The number of carbonyl (C=O) groups excluding carboxylic acids is 2. The lowest BCUT2D eigenvalue weighted by Gasteiger charge is -2.35. The molecule has 0 aliphatic carbocycles. The highest BCUT2D eigenvalue weighted by molar-refractivity contribution is 6.30. The monoisotopic (exact) mass is 674 g/mol. The van der Waals surface area contributed by atoms with E-state index < -0.39 is 0 Å². The maximum absolute atomic E-state index is 13.1. The highest BCUT2D eigenvalue weighted by Gasteiger charge is 2.26. The van der Waals surface area contributed by atoms with Gasteiger partial charge >= 0.3 is 0 Å². The van der Waals surface area contributed by atoms with Crippen molar-refractivity contribution in [3.63, 3.8) is 0 Å². The summed E-state index contributed by atoms with van der Waals surface area (Å²) in [7, 11) is 0. The van der Waals surface area contributed by atoms with E-state index in [0.717, 1.165) is 54.9 Å². The van der Waals surface area contributed by atoms with Crippen molar-refractivity contribution in [3.05, 3.63) is 120 Å². The van der Waals surface area contributed by atoms with Gasteiger partial charge in [-0.2, -0.15) is 10.2 Å². The van der Waals surface area contributed by atoms with Crippen molar-refractivity contribution in [2.45, 2.75) is 40.0 Å². The molecule has 2 aromatic carbocycles. The van der Waals surface area contributed by atoms with E-state index in [1.54, 1.807) is 18.3 Å². The Balaban J connectivity index is 0.000000206. The van der Waals surface area contributed by atoms with Gasteiger partial charge in [-0.05, 0) is 47.5 Å². The normalized spacial score (nSPS) is 16.2. The molecule has 48 heavy (non-hydrogen) atoms. The fourth-order valence-corrected chi connectivity index (χ4v) is 5.81. The number of nitrogens with zero attached hydrogens (tertiary/aromatic N) is 6. The van der Waals surface area contributed by atoms with E-state index in [1.807, 2.05) is 65.8 Å². The van der Waals surface area contributed by atoms with Gasteiger partial charge in [0.1, 0.15) is 17.5 Å². The van der Waals surface area contributed by atoms with Gasteiger partial charge in [0.25, 0.3) is 0 Å². The van der Waals surface area contributed by atoms with Gasteiger partial charge in [0.05, 0.1) is 12.4 Å². The number of hydrogen-bond donors (Lipinski definition) is 2. The Bertz CT molecular complexity index is 1510. The highest BCUT2D eigenvalue weighted by atomic mass is 35.5. The molecular weight excluding hydrogens is 631 g/mol. The number of hydrogen-bond acceptors (Lipinski definition) is 6. The largest absolute Gasteiger partial charge is 0.352 e. The predicted molar refractivity (Wildman–Crippen MR) is 189 cm³/mol. The van der Waals surface area contributed by atoms with E-state index in [-0.39, 0.29) is 23.5 Å². The van der Waals surface area contributed by atoms with Gasteiger partial charge in [-0.15, -0.1) is 0 Å². The number of rotatable bonds is 10. The van der Waals surface area contributed by atoms with E-state index >= 15 is 0 Å². The lowest BCUT2D eigenvalue weighted by molar-refractivity contribution is -0.117. The minimum absolute atomic E-state index is 0.138. The first kappa shape index (κ1) is 35.9. The molecule has 6 rings (SSSR count). The number of anilines is 2. The Hall–Kier alpha value is -4.90. The third-order valence-electron chi connectivity index (χ3n) is 7.93. The van der Waals surface area contributed by atoms with Crippen molar-refractivity contribution in [1.29, 1.82) is 0 Å². The number of fused-ring (bicyclic) bond motifs is 2. The summed E-state index contributed by atoms with van der Waals surface area (Å²) in [5.74, 6) is 2.17. The molecule has 0 saturated carbocycles. The number of carbonyl (C=O) groups is 2. The molecule has 2 aliphatic heterocycles. The topological polar surface area (TPSA) is 100 Å². The van der Waals surface area contributed by atoms with Crippen LogP contribution in [0.4, 0.5) is 16.0 Å². The first-order valence-electron chi connectivity index (χ1n) is 16.1. The molecule has 2 unspecified atom stereocenters. The lowest BCUT2D eigenvalue weighted by Crippen LogP contribution is -2.43. The number of nitrogens with one attached hydrogen (secondary N) is 2. The third-order valence-corrected chi connectivity index (χ3v) is 8.18. The van der Waals surface area contributed by atoms with Crippen LogP contribution in [0.15, 0.2) is 98.4 Å². The minimum atomic E-state index is -0.234. The molecular formula is C36H44ClFN8O2. The quantitative estimate of drug-likeness (QED) is 0.217. The third kappa shape index (κ3) is 10.0. The van der Waals surface area contributed by atoms with Gasteiger partial charge in [-0.3, -0.25) is 9.59 Å². The van der Waals surface area contributed by atoms with Crippen LogP contribution >= 0.6 is 11.6 Å². The second-order valence-electron chi connectivity index (χ2n) is 11.4. The second kappa shape index (κ2) is 17.9. The van der Waals surface area contributed by atoms with E-state index in [1.165, 1.54) is 29.8 Å². The molecule has 254 valence electrons. The van der Waals surface area contributed by atoms with Crippen molar-refractivity contribution >= 4 is 35.1 Å². The summed E-state index contributed by atoms with van der Waals surface area (Å²) >= 11 is 5.95. The van der Waals surface area contributed by atoms with Crippen LogP contribution in [0.25, 0.3) is 0 Å². The molecule has 0 bridgehead atoms. The van der Waals surface area contributed by atoms with Crippen molar-refractivity contribution in [2.75, 3.05) is 36.0 Å². The summed E-state index contributed by atoms with van der Waals surface area (Å²) in [5.41, 5.74) is 2.23. The van der Waals surface area contributed by atoms with Gasteiger partial charge < -0.3 is 20.4 Å². The first-order valence-corrected chi connectivity index (χ1v) is 16.5. The van der Waals surface area contributed by atoms with Crippen molar-refractivity contribution in [3.8, 4) is 0 Å². The number of aromatic nitrogens is 4. The summed E-state index contributed by atoms with van der Waals surface area (Å²) in [6.07, 6.45) is 6.17. The Morgan fingerprint density at radius 1 is 0.750 bits per heavy atom. The molecule has 0 spiro atoms. The van der Waals surface area contributed by atoms with Crippen LogP contribution in [0.5, 0.6) is 0 Å². The Kier molecular flexibility index (Phi) is 13.4. The molecule has 0 fully saturated rings. The molecule has 2 aromatic heterocycles. The van der Waals surface area contributed by atoms with E-state index in [0.29, 0.717) is 25.6 Å². The van der Waals surface area contributed by atoms with Crippen LogP contribution in [-0.4, -0.2) is 57.6 Å². The van der Waals surface area contributed by atoms with Crippen LogP contribution in [0.1, 0.15) is 25.0 Å². The maximum atomic E-state index is 13.1. The van der Waals surface area contributed by atoms with E-state index in [9.17, 15) is 14.0 Å². The maximum Gasteiger partial charge on any atom is 0.243 e. The SMILES string of the molecule is C=CC(=O)NCC1CN(Cc2ccc(Cl)cc2)c2ccnn2C1.C=CC(=O)NCC1CN(Cc2ccc(F)cc2)c2ccnn2C1.CC. The average Bonchev–Trinajstić information content (AvgIpc) is 3.80. The smallest absolute Gasteiger partial charge is 0.243 e. The van der Waals surface area contributed by atoms with Crippen LogP contribution in [0.2, 0.25) is 5.02 Å². The second-order valence-corrected chi connectivity index (χ2v) is 11.8. The molecule has 12 heteroatoms. The molecule has 2 atom stereocenters. The van der Waals surface area contributed by atoms with Crippen molar-refractivity contribution in [1.82, 2.24) is 30.2 Å². The zero-order chi connectivity index (χ0) is 34.5. The van der Waals surface area contributed by atoms with Crippen molar-refractivity contribution in [2.24, 2.45) is 11.8 Å². The molecule has 2 N–H and O–H groups in total. The van der Waals surface area contributed by atoms with Crippen molar-refractivity contribution < 1.29 is 14.0 Å². The van der Waals surface area contributed by atoms with Gasteiger partial charge in [-0.25, -0.2) is 13.8 Å². The molecule has 2 aliphatic rings. The summed E-state index contributed by atoms with van der Waals surface area (Å²) in [5, 5.41) is 15.2. The first-order chi connectivity index (χ1) is 23.3. The molecule has 0 radical (unpaired) electrons. The molecule has 10 nitrogen and oxygen atoms in total. The Morgan fingerprint density at radius 3 is 1.58 bits per heavy atom. The molecule has 4 aromatic rings. The predicted octanol–water partition coefficient (Wildman–Crippen LogP) is 5.46. The highest BCUT2D eigenvalue weighted by Crippen LogP contribution is 2.26. The van der Waals surface area contributed by atoms with Gasteiger partial charge in [-0.1, -0.05) is 62.9 Å². The Morgan fingerprint density at radius 2 is 1.17 bits per heavy atom. The van der Waals surface area contributed by atoms with E-state index in [4.69, 9.17) is 11.6 Å². The molecule has 0 saturated heterocycles. The fourth-order valence-electron chi connectivity index (χ4n) is 5.69. The summed E-state index contributed by atoms with van der Waals surface area (Å²) in [6, 6.07) is 18.4. The van der Waals surface area contributed by atoms with Crippen LogP contribution in [0.3, 0.4) is 0 Å². The van der Waals surface area contributed by atoms with E-state index in [2.05, 4.69) is 43.8 Å².